The molecule has 1 rings (SSSR count). The molecule has 5 nitrogen and oxygen atoms in total. The SMILES string of the molecule is CCC(CC)(O[P+](=O)O)c1cc(Br)c(O)c(C(C)=O)c1. The molecule has 0 spiro atoms. The molecule has 20 heavy (non-hydrogen) atoms. The quantitative estimate of drug-likeness (QED) is 0.588. The zero-order valence-electron chi connectivity index (χ0n) is 11.5. The zero-order chi connectivity index (χ0) is 15.5. The van der Waals surface area contributed by atoms with Gasteiger partial charge in [0.1, 0.15) is 5.75 Å². The molecule has 0 aliphatic heterocycles. The largest absolute Gasteiger partial charge is 0.695 e. The Hall–Kier alpha value is -0.810. The third-order valence-corrected chi connectivity index (χ3v) is 4.47. The highest BCUT2D eigenvalue weighted by molar-refractivity contribution is 9.10. The van der Waals surface area contributed by atoms with Crippen molar-refractivity contribution in [1.29, 1.82) is 0 Å². The molecule has 7 heteroatoms. The number of benzene rings is 1. The third kappa shape index (κ3) is 3.44. The van der Waals surface area contributed by atoms with E-state index in [2.05, 4.69) is 15.9 Å². The van der Waals surface area contributed by atoms with Crippen LogP contribution in [0.3, 0.4) is 0 Å². The van der Waals surface area contributed by atoms with E-state index in [9.17, 15) is 14.5 Å². The summed E-state index contributed by atoms with van der Waals surface area (Å²) in [7, 11) is -2.78. The van der Waals surface area contributed by atoms with E-state index in [1.54, 1.807) is 6.07 Å². The molecule has 1 atom stereocenters. The number of ketones is 1. The highest BCUT2D eigenvalue weighted by Crippen LogP contribution is 2.43. The molecular formula is C13H17BrO5P+. The molecule has 110 valence electrons. The van der Waals surface area contributed by atoms with Crippen LogP contribution in [-0.2, 0) is 14.7 Å². The van der Waals surface area contributed by atoms with Crippen LogP contribution in [0.25, 0.3) is 0 Å². The first-order chi connectivity index (χ1) is 9.27. The number of rotatable bonds is 6. The third-order valence-electron chi connectivity index (χ3n) is 3.36. The second-order valence-electron chi connectivity index (χ2n) is 4.44. The Morgan fingerprint density at radius 2 is 1.95 bits per heavy atom. The minimum atomic E-state index is -2.78. The molecule has 1 unspecified atom stereocenters. The van der Waals surface area contributed by atoms with Crippen molar-refractivity contribution >= 4 is 30.0 Å². The summed E-state index contributed by atoms with van der Waals surface area (Å²) in [5, 5.41) is 9.87. The lowest BCUT2D eigenvalue weighted by Crippen LogP contribution is -2.26. The van der Waals surface area contributed by atoms with Crippen molar-refractivity contribution < 1.29 is 23.9 Å². The smallest absolute Gasteiger partial charge is 0.506 e. The van der Waals surface area contributed by atoms with Crippen molar-refractivity contribution in [2.45, 2.75) is 39.2 Å². The number of hydrogen-bond donors (Lipinski definition) is 2. The number of hydrogen-bond acceptors (Lipinski definition) is 4. The molecule has 1 aromatic carbocycles. The first kappa shape index (κ1) is 17.2. The molecule has 0 fully saturated rings. The molecule has 0 aliphatic rings. The fourth-order valence-corrected chi connectivity index (χ4v) is 3.24. The first-order valence-electron chi connectivity index (χ1n) is 6.16. The van der Waals surface area contributed by atoms with Gasteiger partial charge in [0, 0.05) is 4.57 Å². The van der Waals surface area contributed by atoms with Crippen LogP contribution in [0.15, 0.2) is 16.6 Å². The molecule has 0 amide bonds. The van der Waals surface area contributed by atoms with Crippen molar-refractivity contribution in [3.63, 3.8) is 0 Å². The number of carbonyl (C=O) groups excluding carboxylic acids is 1. The van der Waals surface area contributed by atoms with Gasteiger partial charge in [-0.15, -0.1) is 9.42 Å². The Bertz CT molecular complexity index is 540. The maximum atomic E-state index is 11.6. The summed E-state index contributed by atoms with van der Waals surface area (Å²) in [6.07, 6.45) is 0.916. The number of phenols is 1. The summed E-state index contributed by atoms with van der Waals surface area (Å²) in [5.41, 5.74) is -0.241. The van der Waals surface area contributed by atoms with Gasteiger partial charge in [0.05, 0.1) is 10.0 Å². The van der Waals surface area contributed by atoms with Crippen LogP contribution in [0.5, 0.6) is 5.75 Å². The fraction of sp³-hybridized carbons (Fsp3) is 0.462. The van der Waals surface area contributed by atoms with Crippen LogP contribution in [0.1, 0.15) is 49.5 Å². The van der Waals surface area contributed by atoms with Gasteiger partial charge in [0.15, 0.2) is 11.4 Å². The molecule has 0 radical (unpaired) electrons. The molecule has 0 heterocycles. The summed E-state index contributed by atoms with van der Waals surface area (Å²) in [6, 6.07) is 3.11. The number of Topliss-reactive ketones (excluding diaryl/α,β-unsaturated/α-hetero) is 1. The van der Waals surface area contributed by atoms with Gasteiger partial charge in [-0.05, 0) is 53.4 Å². The Balaban J connectivity index is 3.49. The Labute approximate surface area is 127 Å². The molecule has 2 N–H and O–H groups in total. The van der Waals surface area contributed by atoms with Gasteiger partial charge in [-0.2, -0.15) is 0 Å². The summed E-state index contributed by atoms with van der Waals surface area (Å²) in [5.74, 6) is -0.435. The standard InChI is InChI=1S/C13H16BrO5P/c1-4-13(5-2,19-20(17)18)9-6-10(8(3)15)12(16)11(14)7-9/h6-7H,4-5H2,1-3H3,(H-,15,16,17,18)/p+1. The molecular weight excluding hydrogens is 347 g/mol. The fourth-order valence-electron chi connectivity index (χ4n) is 2.12. The van der Waals surface area contributed by atoms with Crippen LogP contribution in [0.2, 0.25) is 0 Å². The average Bonchev–Trinajstić information content (AvgIpc) is 2.38. The predicted molar refractivity (Wildman–Crippen MR) is 79.0 cm³/mol. The average molecular weight is 364 g/mol. The Morgan fingerprint density at radius 3 is 2.35 bits per heavy atom. The van der Waals surface area contributed by atoms with Crippen LogP contribution < -0.4 is 0 Å². The van der Waals surface area contributed by atoms with Gasteiger partial charge in [-0.3, -0.25) is 4.79 Å². The van der Waals surface area contributed by atoms with Gasteiger partial charge < -0.3 is 5.11 Å². The lowest BCUT2D eigenvalue weighted by molar-refractivity contribution is 0.0534. The molecule has 1 aromatic rings. The molecule has 0 saturated heterocycles. The second kappa shape index (κ2) is 6.76. The van der Waals surface area contributed by atoms with Gasteiger partial charge in [-0.1, -0.05) is 13.8 Å². The lowest BCUT2D eigenvalue weighted by Gasteiger charge is -2.26. The van der Waals surface area contributed by atoms with Crippen LogP contribution in [-0.4, -0.2) is 15.8 Å². The lowest BCUT2D eigenvalue weighted by atomic mass is 9.87. The molecule has 0 bridgehead atoms. The topological polar surface area (TPSA) is 83.8 Å². The van der Waals surface area contributed by atoms with E-state index >= 15 is 0 Å². The number of halogens is 1. The first-order valence-corrected chi connectivity index (χ1v) is 8.09. The predicted octanol–water partition coefficient (Wildman–Crippen LogP) is 4.04. The molecule has 0 aromatic heterocycles. The maximum Gasteiger partial charge on any atom is 0.695 e. The van der Waals surface area contributed by atoms with Crippen LogP contribution in [0.4, 0.5) is 0 Å². The second-order valence-corrected chi connectivity index (χ2v) is 5.95. The van der Waals surface area contributed by atoms with Crippen molar-refractivity contribution in [3.8, 4) is 5.75 Å². The number of aromatic hydroxyl groups is 1. The van der Waals surface area contributed by atoms with Crippen molar-refractivity contribution in [1.82, 2.24) is 0 Å². The zero-order valence-corrected chi connectivity index (χ0v) is 14.0. The molecule has 0 saturated carbocycles. The molecule has 0 aliphatic carbocycles. The number of phenolic OH excluding ortho intramolecular Hbond substituents is 1. The van der Waals surface area contributed by atoms with E-state index in [4.69, 9.17) is 9.42 Å². The van der Waals surface area contributed by atoms with Gasteiger partial charge in [-0.25, -0.2) is 0 Å². The van der Waals surface area contributed by atoms with E-state index in [-0.39, 0.29) is 17.1 Å². The minimum Gasteiger partial charge on any atom is -0.506 e. The summed E-state index contributed by atoms with van der Waals surface area (Å²) in [4.78, 5) is 20.6. The van der Waals surface area contributed by atoms with Crippen LogP contribution in [0, 0.1) is 0 Å². The normalized spacial score (nSPS) is 12.3. The number of carbonyl (C=O) groups is 1. The summed E-state index contributed by atoms with van der Waals surface area (Å²) < 4.78 is 16.6. The highest BCUT2D eigenvalue weighted by atomic mass is 79.9. The van der Waals surface area contributed by atoms with Gasteiger partial charge in [0.25, 0.3) is 0 Å². The van der Waals surface area contributed by atoms with Crippen LogP contribution >= 0.6 is 24.2 Å². The summed E-state index contributed by atoms with van der Waals surface area (Å²) >= 11 is 3.19. The van der Waals surface area contributed by atoms with Crippen molar-refractivity contribution in [3.05, 3.63) is 27.7 Å². The summed E-state index contributed by atoms with van der Waals surface area (Å²) in [6.45, 7) is 5.01. The van der Waals surface area contributed by atoms with Crippen molar-refractivity contribution in [2.24, 2.45) is 0 Å². The van der Waals surface area contributed by atoms with E-state index in [1.165, 1.54) is 13.0 Å². The van der Waals surface area contributed by atoms with E-state index in [0.29, 0.717) is 22.9 Å². The van der Waals surface area contributed by atoms with Gasteiger partial charge in [0.2, 0.25) is 0 Å². The van der Waals surface area contributed by atoms with E-state index in [0.717, 1.165) is 0 Å². The van der Waals surface area contributed by atoms with E-state index in [1.807, 2.05) is 13.8 Å². The Morgan fingerprint density at radius 1 is 1.40 bits per heavy atom. The minimum absolute atomic E-state index is 0.143. The highest BCUT2D eigenvalue weighted by Gasteiger charge is 2.40. The maximum absolute atomic E-state index is 11.6. The van der Waals surface area contributed by atoms with Crippen molar-refractivity contribution in [2.75, 3.05) is 0 Å². The monoisotopic (exact) mass is 363 g/mol. The Kier molecular flexibility index (Phi) is 5.83. The van der Waals surface area contributed by atoms with Gasteiger partial charge >= 0.3 is 8.25 Å². The van der Waals surface area contributed by atoms with E-state index < -0.39 is 13.9 Å².